The summed E-state index contributed by atoms with van der Waals surface area (Å²) in [4.78, 5) is 4.64. The highest BCUT2D eigenvalue weighted by molar-refractivity contribution is 6.15. The molecule has 0 spiro atoms. The number of hydrogen-bond donors (Lipinski definition) is 0. The molecule has 2 heteroatoms. The first-order chi connectivity index (χ1) is 7.92. The maximum Gasteiger partial charge on any atom is 0.246 e. The first-order valence-electron chi connectivity index (χ1n) is 5.57. The van der Waals surface area contributed by atoms with E-state index in [0.717, 1.165) is 27.4 Å². The molecule has 2 rings (SSSR count). The first-order valence-corrected chi connectivity index (χ1v) is 6.98. The molecule has 78 valence electrons. The van der Waals surface area contributed by atoms with Gasteiger partial charge in [-0.3, -0.25) is 4.99 Å². The molecule has 0 aliphatic heterocycles. The summed E-state index contributed by atoms with van der Waals surface area (Å²) in [6, 6.07) is 20.8. The third-order valence-corrected chi connectivity index (χ3v) is 2.73. The fraction of sp³-hybridized carbons (Fsp3) is 0.0714. The van der Waals surface area contributed by atoms with Gasteiger partial charge in [-0.15, -0.1) is 0 Å². The number of hydrogen-bond acceptors (Lipinski definition) is 1. The monoisotopic (exact) mass is 223 g/mol. The second kappa shape index (κ2) is 5.65. The van der Waals surface area contributed by atoms with Crippen LogP contribution in [0.3, 0.4) is 0 Å². The Balaban J connectivity index is 2.44. The molecular weight excluding hydrogens is 209 g/mol. The summed E-state index contributed by atoms with van der Waals surface area (Å²) < 4.78 is 0. The highest BCUT2D eigenvalue weighted by Crippen LogP contribution is 2.10. The number of rotatable bonds is 3. The molecule has 0 unspecified atom stereocenters. The van der Waals surface area contributed by atoms with E-state index in [1.165, 1.54) is 11.1 Å². The number of benzene rings is 2. The molecule has 2 aromatic rings. The Bertz CT molecular complexity index is 421. The fourth-order valence-corrected chi connectivity index (χ4v) is 2.02. The zero-order valence-electron chi connectivity index (χ0n) is 9.43. The van der Waals surface area contributed by atoms with Gasteiger partial charge in [-0.05, 0) is 5.41 Å². The molecule has 0 radical (unpaired) electrons. The van der Waals surface area contributed by atoms with Crippen molar-refractivity contribution in [2.75, 3.05) is 5.41 Å². The van der Waals surface area contributed by atoms with Crippen molar-refractivity contribution in [3.8, 4) is 0 Å². The molecule has 0 atom stereocenters. The average molecular weight is 223 g/mol. The Morgan fingerprint density at radius 3 is 1.62 bits per heavy atom. The molecule has 2 aromatic carbocycles. The molecule has 0 saturated carbocycles. The van der Waals surface area contributed by atoms with E-state index in [9.17, 15) is 0 Å². The maximum absolute atomic E-state index is 4.64. The molecule has 0 saturated heterocycles. The smallest absolute Gasteiger partial charge is 0.246 e. The van der Waals surface area contributed by atoms with Gasteiger partial charge in [0, 0.05) is 11.1 Å². The van der Waals surface area contributed by atoms with Crippen LogP contribution in [0.15, 0.2) is 65.7 Å². The van der Waals surface area contributed by atoms with Crippen molar-refractivity contribution in [1.29, 1.82) is 0 Å². The first kappa shape index (κ1) is 11.1. The minimum absolute atomic E-state index is 0.944. The maximum atomic E-state index is 4.64. The van der Waals surface area contributed by atoms with Crippen LogP contribution in [0.1, 0.15) is 11.1 Å². The van der Waals surface area contributed by atoms with Crippen molar-refractivity contribution in [3.63, 3.8) is 0 Å². The van der Waals surface area contributed by atoms with Gasteiger partial charge in [-0.2, -0.15) is 0 Å². The molecule has 0 N–H and O–H groups in total. The van der Waals surface area contributed by atoms with Crippen molar-refractivity contribution < 1.29 is 0 Å². The zero-order valence-corrected chi connectivity index (χ0v) is 11.4. The van der Waals surface area contributed by atoms with Crippen LogP contribution >= 0.6 is 0 Å². The summed E-state index contributed by atoms with van der Waals surface area (Å²) in [5.41, 5.74) is 3.50. The molecule has 16 heavy (non-hydrogen) atoms. The van der Waals surface area contributed by atoms with Crippen LogP contribution in [0.5, 0.6) is 0 Å². The molecule has 0 aliphatic carbocycles. The molecular formula is C14H14AlN. The summed E-state index contributed by atoms with van der Waals surface area (Å²) in [7, 11) is 0. The Kier molecular flexibility index (Phi) is 3.93. The molecule has 0 amide bonds. The van der Waals surface area contributed by atoms with Crippen LogP contribution in [0.4, 0.5) is 0 Å². The second-order valence-electron chi connectivity index (χ2n) is 3.55. The Morgan fingerprint density at radius 1 is 0.812 bits per heavy atom. The largest absolute Gasteiger partial charge is 0.300 e. The van der Waals surface area contributed by atoms with Gasteiger partial charge < -0.3 is 0 Å². The van der Waals surface area contributed by atoms with Crippen molar-refractivity contribution in [2.24, 2.45) is 4.99 Å². The second-order valence-corrected chi connectivity index (χ2v) is 4.19. The van der Waals surface area contributed by atoms with Gasteiger partial charge in [0.1, 0.15) is 0 Å². The van der Waals surface area contributed by atoms with Gasteiger partial charge in [0.25, 0.3) is 0 Å². The van der Waals surface area contributed by atoms with E-state index < -0.39 is 0 Å². The molecule has 0 bridgehead atoms. The zero-order chi connectivity index (χ0) is 11.2. The van der Waals surface area contributed by atoms with Gasteiger partial charge in [0.15, 0.2) is 0 Å². The standard InChI is InChI=1S/C14H12N.Al.2H/c1-15-14(12-8-4-2-5-9-12)13-10-6-3-7-11-13;;;/h2-11H,1H2;;;. The van der Waals surface area contributed by atoms with Gasteiger partial charge in [-0.1, -0.05) is 60.7 Å². The van der Waals surface area contributed by atoms with Gasteiger partial charge >= 0.3 is 0 Å². The van der Waals surface area contributed by atoms with Crippen molar-refractivity contribution >= 4 is 22.0 Å². The van der Waals surface area contributed by atoms with Crippen LogP contribution in [0, 0.1) is 0 Å². The highest BCUT2D eigenvalue weighted by Gasteiger charge is 2.04. The van der Waals surface area contributed by atoms with E-state index in [1.54, 1.807) is 0 Å². The summed E-state index contributed by atoms with van der Waals surface area (Å²) in [6.07, 6.45) is 0. The Labute approximate surface area is 104 Å². The van der Waals surface area contributed by atoms with Crippen LogP contribution in [0.25, 0.3) is 0 Å². The lowest BCUT2D eigenvalue weighted by Gasteiger charge is -2.06. The van der Waals surface area contributed by atoms with E-state index >= 15 is 0 Å². The molecule has 0 aliphatic rings. The lowest BCUT2D eigenvalue weighted by molar-refractivity contribution is 1.34. The third-order valence-electron chi connectivity index (χ3n) is 2.41. The lowest BCUT2D eigenvalue weighted by atomic mass is 10.0. The predicted octanol–water partition coefficient (Wildman–Crippen LogP) is 2.11. The summed E-state index contributed by atoms with van der Waals surface area (Å²) in [6.45, 7) is 0. The van der Waals surface area contributed by atoms with Gasteiger partial charge in [-0.25, -0.2) is 0 Å². The minimum Gasteiger partial charge on any atom is -0.300 e. The van der Waals surface area contributed by atoms with Crippen molar-refractivity contribution in [3.05, 3.63) is 71.8 Å². The topological polar surface area (TPSA) is 12.4 Å². The van der Waals surface area contributed by atoms with Crippen molar-refractivity contribution in [1.82, 2.24) is 0 Å². The number of nitrogens with zero attached hydrogens (tertiary/aromatic N) is 1. The molecule has 0 aromatic heterocycles. The van der Waals surface area contributed by atoms with E-state index in [4.69, 9.17) is 0 Å². The van der Waals surface area contributed by atoms with E-state index in [-0.39, 0.29) is 0 Å². The van der Waals surface area contributed by atoms with Gasteiger partial charge in [0.2, 0.25) is 16.3 Å². The van der Waals surface area contributed by atoms with E-state index in [0.29, 0.717) is 0 Å². The number of aliphatic imine (C=N–C) groups is 1. The van der Waals surface area contributed by atoms with Crippen molar-refractivity contribution in [2.45, 2.75) is 0 Å². The van der Waals surface area contributed by atoms with Gasteiger partial charge in [0.05, 0.1) is 5.71 Å². The summed E-state index contributed by atoms with van der Waals surface area (Å²) in [5.74, 6) is 0. The fourth-order valence-electron chi connectivity index (χ4n) is 1.70. The average Bonchev–Trinajstić information content (AvgIpc) is 2.38. The minimum atomic E-state index is 0.944. The van der Waals surface area contributed by atoms with E-state index in [2.05, 4.69) is 53.5 Å². The Hall–Kier alpha value is -1.36. The lowest BCUT2D eigenvalue weighted by Crippen LogP contribution is -2.04. The molecule has 0 heterocycles. The third kappa shape index (κ3) is 2.61. The highest BCUT2D eigenvalue weighted by atomic mass is 27.0. The SMILES string of the molecule is [AlH2][CH2]N=C(c1ccccc1)c1ccccc1. The van der Waals surface area contributed by atoms with E-state index in [1.807, 2.05) is 12.1 Å². The van der Waals surface area contributed by atoms with Crippen LogP contribution in [-0.2, 0) is 0 Å². The summed E-state index contributed by atoms with van der Waals surface area (Å²) in [5, 5.41) is 0.944. The van der Waals surface area contributed by atoms with Crippen LogP contribution in [0.2, 0.25) is 0 Å². The normalized spacial score (nSPS) is 9.75. The quantitative estimate of drug-likeness (QED) is 0.558. The summed E-state index contributed by atoms with van der Waals surface area (Å²) >= 11 is 1.10. The van der Waals surface area contributed by atoms with Crippen LogP contribution in [-0.4, -0.2) is 27.4 Å². The predicted molar refractivity (Wildman–Crippen MR) is 71.9 cm³/mol. The van der Waals surface area contributed by atoms with Crippen LogP contribution < -0.4 is 0 Å². The Morgan fingerprint density at radius 2 is 1.25 bits per heavy atom. The molecule has 1 nitrogen and oxygen atoms in total. The molecule has 0 fully saturated rings.